The molecule has 1 aromatic rings. The van der Waals surface area contributed by atoms with Gasteiger partial charge < -0.3 is 20.1 Å². The predicted molar refractivity (Wildman–Crippen MR) is 107 cm³/mol. The molecule has 7 heteroatoms. The van der Waals surface area contributed by atoms with Crippen molar-refractivity contribution in [3.63, 3.8) is 0 Å². The lowest BCUT2D eigenvalue weighted by molar-refractivity contribution is 0.178. The second kappa shape index (κ2) is 13.2. The van der Waals surface area contributed by atoms with Crippen LogP contribution in [0.2, 0.25) is 0 Å². The van der Waals surface area contributed by atoms with Gasteiger partial charge in [0.05, 0.1) is 13.2 Å². The van der Waals surface area contributed by atoms with E-state index in [0.29, 0.717) is 19.1 Å². The van der Waals surface area contributed by atoms with Crippen LogP contribution >= 0.6 is 24.0 Å². The van der Waals surface area contributed by atoms with E-state index in [4.69, 9.17) is 9.47 Å². The lowest BCUT2D eigenvalue weighted by Crippen LogP contribution is -2.44. The number of rotatable bonds is 9. The van der Waals surface area contributed by atoms with Crippen LogP contribution in [0.15, 0.2) is 29.3 Å². The summed E-state index contributed by atoms with van der Waals surface area (Å²) in [5.41, 5.74) is 0. The van der Waals surface area contributed by atoms with Gasteiger partial charge in [-0.05, 0) is 32.4 Å². The Balaban J connectivity index is 0.00000529. The molecule has 0 aliphatic rings. The molecule has 5 nitrogen and oxygen atoms in total. The Bertz CT molecular complexity index is 489. The van der Waals surface area contributed by atoms with Crippen LogP contribution in [0, 0.1) is 5.82 Å². The monoisotopic (exact) mass is 453 g/mol. The van der Waals surface area contributed by atoms with Crippen molar-refractivity contribution in [2.75, 3.05) is 26.8 Å². The van der Waals surface area contributed by atoms with Gasteiger partial charge in [-0.2, -0.15) is 0 Å². The zero-order valence-corrected chi connectivity index (χ0v) is 17.2. The standard InChI is InChI=1S/C17H28FN3O2.HI/c1-5-14(23-16-10-8-7-9-15(16)18)11-20-17(19-6-2)21-13(3)12-22-4;/h7-10,13-14H,5-6,11-12H2,1-4H3,(H2,19,20,21);1H. The van der Waals surface area contributed by atoms with E-state index in [1.807, 2.05) is 20.8 Å². The van der Waals surface area contributed by atoms with Crippen molar-refractivity contribution in [1.29, 1.82) is 0 Å². The molecule has 0 aromatic heterocycles. The summed E-state index contributed by atoms with van der Waals surface area (Å²) in [6.07, 6.45) is 0.560. The summed E-state index contributed by atoms with van der Waals surface area (Å²) in [5, 5.41) is 6.44. The van der Waals surface area contributed by atoms with Gasteiger partial charge in [-0.25, -0.2) is 9.38 Å². The van der Waals surface area contributed by atoms with Gasteiger partial charge >= 0.3 is 0 Å². The highest BCUT2D eigenvalue weighted by Crippen LogP contribution is 2.18. The predicted octanol–water partition coefficient (Wildman–Crippen LogP) is 3.19. The molecule has 0 saturated carbocycles. The molecule has 2 unspecified atom stereocenters. The van der Waals surface area contributed by atoms with Gasteiger partial charge in [0.15, 0.2) is 17.5 Å². The number of nitrogens with one attached hydrogen (secondary N) is 2. The molecule has 0 fully saturated rings. The number of aliphatic imine (C=N–C) groups is 1. The second-order valence-electron chi connectivity index (χ2n) is 5.30. The topological polar surface area (TPSA) is 54.9 Å². The molecule has 2 atom stereocenters. The number of para-hydroxylation sites is 1. The third-order valence-corrected chi connectivity index (χ3v) is 3.18. The fourth-order valence-electron chi connectivity index (χ4n) is 2.01. The van der Waals surface area contributed by atoms with Crippen molar-refractivity contribution < 1.29 is 13.9 Å². The Hall–Kier alpha value is -1.09. The van der Waals surface area contributed by atoms with E-state index in [1.165, 1.54) is 6.07 Å². The molecule has 0 spiro atoms. The van der Waals surface area contributed by atoms with Gasteiger partial charge in [-0.1, -0.05) is 19.1 Å². The number of ether oxygens (including phenoxy) is 2. The molecule has 2 N–H and O–H groups in total. The lowest BCUT2D eigenvalue weighted by Gasteiger charge is -2.19. The Morgan fingerprint density at radius 2 is 2.00 bits per heavy atom. The molecule has 138 valence electrons. The minimum Gasteiger partial charge on any atom is -0.485 e. The van der Waals surface area contributed by atoms with Crippen molar-refractivity contribution in [2.24, 2.45) is 4.99 Å². The van der Waals surface area contributed by atoms with Crippen molar-refractivity contribution in [3.8, 4) is 5.75 Å². The molecular weight excluding hydrogens is 424 g/mol. The summed E-state index contributed by atoms with van der Waals surface area (Å²) in [5.74, 6) is 0.613. The molecule has 1 rings (SSSR count). The molecular formula is C17H29FIN3O2. The Morgan fingerprint density at radius 3 is 2.58 bits per heavy atom. The Labute approximate surface area is 161 Å². The number of guanidine groups is 1. The number of halogens is 2. The van der Waals surface area contributed by atoms with Crippen LogP contribution in [-0.2, 0) is 4.74 Å². The summed E-state index contributed by atoms with van der Waals surface area (Å²) >= 11 is 0. The van der Waals surface area contributed by atoms with Gasteiger partial charge in [-0.15, -0.1) is 24.0 Å². The average Bonchev–Trinajstić information content (AvgIpc) is 2.53. The van der Waals surface area contributed by atoms with Crippen LogP contribution in [0.5, 0.6) is 5.75 Å². The van der Waals surface area contributed by atoms with Crippen molar-refractivity contribution in [1.82, 2.24) is 10.6 Å². The van der Waals surface area contributed by atoms with E-state index in [9.17, 15) is 4.39 Å². The highest BCUT2D eigenvalue weighted by molar-refractivity contribution is 14.0. The first-order valence-electron chi connectivity index (χ1n) is 8.05. The average molecular weight is 453 g/mol. The van der Waals surface area contributed by atoms with Gasteiger partial charge in [0.1, 0.15) is 6.10 Å². The van der Waals surface area contributed by atoms with E-state index in [-0.39, 0.29) is 47.7 Å². The molecule has 0 amide bonds. The van der Waals surface area contributed by atoms with Crippen molar-refractivity contribution in [3.05, 3.63) is 30.1 Å². The molecule has 0 aliphatic carbocycles. The van der Waals surface area contributed by atoms with Crippen LogP contribution < -0.4 is 15.4 Å². The molecule has 0 heterocycles. The van der Waals surface area contributed by atoms with Gasteiger partial charge in [0, 0.05) is 19.7 Å². The number of nitrogens with zero attached hydrogens (tertiary/aromatic N) is 1. The van der Waals surface area contributed by atoms with E-state index in [2.05, 4.69) is 15.6 Å². The normalized spacial score (nSPS) is 13.6. The Morgan fingerprint density at radius 1 is 1.29 bits per heavy atom. The van der Waals surface area contributed by atoms with Crippen molar-refractivity contribution in [2.45, 2.75) is 39.3 Å². The lowest BCUT2D eigenvalue weighted by atomic mass is 10.2. The molecule has 24 heavy (non-hydrogen) atoms. The minimum atomic E-state index is -0.353. The van der Waals surface area contributed by atoms with E-state index >= 15 is 0 Å². The van der Waals surface area contributed by atoms with Crippen LogP contribution in [0.1, 0.15) is 27.2 Å². The van der Waals surface area contributed by atoms with Gasteiger partial charge in [-0.3, -0.25) is 0 Å². The van der Waals surface area contributed by atoms with Gasteiger partial charge in [0.2, 0.25) is 0 Å². The first-order valence-corrected chi connectivity index (χ1v) is 8.05. The molecule has 0 radical (unpaired) electrons. The highest BCUT2D eigenvalue weighted by Gasteiger charge is 2.12. The van der Waals surface area contributed by atoms with Crippen LogP contribution in [0.3, 0.4) is 0 Å². The summed E-state index contributed by atoms with van der Waals surface area (Å²) in [6.45, 7) is 7.81. The smallest absolute Gasteiger partial charge is 0.191 e. The SMILES string of the molecule is CCNC(=NCC(CC)Oc1ccccc1F)NC(C)COC.I. The Kier molecular flexibility index (Phi) is 12.6. The van der Waals surface area contributed by atoms with Crippen molar-refractivity contribution >= 4 is 29.9 Å². The first-order chi connectivity index (χ1) is 11.1. The summed E-state index contributed by atoms with van der Waals surface area (Å²) < 4.78 is 24.5. The number of hydrogen-bond donors (Lipinski definition) is 2. The molecule has 1 aromatic carbocycles. The third kappa shape index (κ3) is 8.68. The minimum absolute atomic E-state index is 0. The fourth-order valence-corrected chi connectivity index (χ4v) is 2.01. The summed E-state index contributed by atoms with van der Waals surface area (Å²) in [4.78, 5) is 4.52. The summed E-state index contributed by atoms with van der Waals surface area (Å²) in [6, 6.07) is 6.57. The maximum absolute atomic E-state index is 13.7. The largest absolute Gasteiger partial charge is 0.485 e. The van der Waals surface area contributed by atoms with E-state index in [0.717, 1.165) is 13.0 Å². The van der Waals surface area contributed by atoms with Crippen LogP contribution in [-0.4, -0.2) is 44.9 Å². The first kappa shape index (κ1) is 22.9. The molecule has 0 aliphatic heterocycles. The van der Waals surface area contributed by atoms with Crippen LogP contribution in [0.4, 0.5) is 4.39 Å². The number of benzene rings is 1. The summed E-state index contributed by atoms with van der Waals surface area (Å²) in [7, 11) is 1.66. The fraction of sp³-hybridized carbons (Fsp3) is 0.588. The second-order valence-corrected chi connectivity index (χ2v) is 5.30. The molecule has 0 bridgehead atoms. The third-order valence-electron chi connectivity index (χ3n) is 3.18. The maximum atomic E-state index is 13.7. The highest BCUT2D eigenvalue weighted by atomic mass is 127. The number of hydrogen-bond acceptors (Lipinski definition) is 3. The maximum Gasteiger partial charge on any atom is 0.191 e. The molecule has 0 saturated heterocycles. The number of methoxy groups -OCH3 is 1. The zero-order chi connectivity index (χ0) is 17.1. The van der Waals surface area contributed by atoms with Gasteiger partial charge in [0.25, 0.3) is 0 Å². The van der Waals surface area contributed by atoms with E-state index < -0.39 is 0 Å². The quantitative estimate of drug-likeness (QED) is 0.343. The van der Waals surface area contributed by atoms with E-state index in [1.54, 1.807) is 25.3 Å². The van der Waals surface area contributed by atoms with Crippen LogP contribution in [0.25, 0.3) is 0 Å². The zero-order valence-electron chi connectivity index (χ0n) is 14.8.